The molecule has 2 aromatic carbocycles. The second-order valence-electron chi connectivity index (χ2n) is 6.24. The lowest BCUT2D eigenvalue weighted by Crippen LogP contribution is -2.39. The summed E-state index contributed by atoms with van der Waals surface area (Å²) in [5.41, 5.74) is 3.35. The van der Waals surface area contributed by atoms with Crippen molar-refractivity contribution in [3.05, 3.63) is 59.2 Å². The molecule has 0 aliphatic heterocycles. The Kier molecular flexibility index (Phi) is 6.87. The number of hydrogen-bond acceptors (Lipinski definition) is 3. The van der Waals surface area contributed by atoms with E-state index in [0.29, 0.717) is 19.6 Å². The van der Waals surface area contributed by atoms with Gasteiger partial charge in [-0.2, -0.15) is 0 Å². The minimum Gasteiger partial charge on any atom is -0.492 e. The number of rotatable bonds is 8. The van der Waals surface area contributed by atoms with Crippen LogP contribution in [-0.4, -0.2) is 25.2 Å². The number of benzene rings is 2. The van der Waals surface area contributed by atoms with Gasteiger partial charge in [-0.05, 0) is 62.1 Å². The summed E-state index contributed by atoms with van der Waals surface area (Å²) in [7, 11) is 0. The van der Waals surface area contributed by atoms with Crippen LogP contribution in [0.15, 0.2) is 42.5 Å². The number of carbonyl (C=O) groups is 1. The first kappa shape index (κ1) is 18.8. The first-order valence-electron chi connectivity index (χ1n) is 8.70. The van der Waals surface area contributed by atoms with Crippen LogP contribution < -0.4 is 14.8 Å². The lowest BCUT2D eigenvalue weighted by Gasteiger charge is -2.18. The average molecular weight is 341 g/mol. The second kappa shape index (κ2) is 9.11. The quantitative estimate of drug-likeness (QED) is 0.739. The van der Waals surface area contributed by atoms with E-state index < -0.39 is 6.10 Å². The van der Waals surface area contributed by atoms with Crippen molar-refractivity contribution in [2.24, 2.45) is 0 Å². The molecule has 0 aromatic heterocycles. The Labute approximate surface area is 150 Å². The maximum absolute atomic E-state index is 12.3. The predicted molar refractivity (Wildman–Crippen MR) is 100 cm³/mol. The average Bonchev–Trinajstić information content (AvgIpc) is 2.57. The van der Waals surface area contributed by atoms with E-state index in [1.54, 1.807) is 0 Å². The van der Waals surface area contributed by atoms with Gasteiger partial charge in [-0.25, -0.2) is 0 Å². The Bertz CT molecular complexity index is 692. The summed E-state index contributed by atoms with van der Waals surface area (Å²) in [5, 5.41) is 2.88. The number of aryl methyl sites for hydroxylation is 3. The van der Waals surface area contributed by atoms with Crippen molar-refractivity contribution in [2.75, 3.05) is 13.2 Å². The summed E-state index contributed by atoms with van der Waals surface area (Å²) in [4.78, 5) is 12.3. The van der Waals surface area contributed by atoms with Gasteiger partial charge < -0.3 is 14.8 Å². The highest BCUT2D eigenvalue weighted by Gasteiger charge is 2.18. The first-order valence-corrected chi connectivity index (χ1v) is 8.70. The smallest absolute Gasteiger partial charge is 0.261 e. The maximum atomic E-state index is 12.3. The topological polar surface area (TPSA) is 47.6 Å². The fourth-order valence-corrected chi connectivity index (χ4v) is 2.64. The summed E-state index contributed by atoms with van der Waals surface area (Å²) in [6.07, 6.45) is 0.111. The van der Waals surface area contributed by atoms with Gasteiger partial charge in [0.25, 0.3) is 5.91 Å². The monoisotopic (exact) mass is 341 g/mol. The van der Waals surface area contributed by atoms with Gasteiger partial charge in [-0.1, -0.05) is 31.2 Å². The largest absolute Gasteiger partial charge is 0.492 e. The molecular weight excluding hydrogens is 314 g/mol. The van der Waals surface area contributed by atoms with Gasteiger partial charge in [-0.3, -0.25) is 4.79 Å². The molecule has 0 heterocycles. The number of ether oxygens (including phenoxy) is 2. The van der Waals surface area contributed by atoms with Crippen LogP contribution in [0.1, 0.15) is 30.0 Å². The standard InChI is InChI=1S/C21H27NO3/c1-5-19(25-20-9-7-6-8-17(20)4)21(23)22-10-11-24-18-13-15(2)12-16(3)14-18/h6-9,12-14,19H,5,10-11H2,1-4H3,(H,22,23)/t19-/m1/s1. The molecule has 0 bridgehead atoms. The molecule has 0 aliphatic carbocycles. The highest BCUT2D eigenvalue weighted by atomic mass is 16.5. The molecule has 0 unspecified atom stereocenters. The minimum absolute atomic E-state index is 0.116. The van der Waals surface area contributed by atoms with Crippen molar-refractivity contribution < 1.29 is 14.3 Å². The molecule has 4 nitrogen and oxygen atoms in total. The SMILES string of the molecule is CC[C@@H](Oc1ccccc1C)C(=O)NCCOc1cc(C)cc(C)c1. The normalized spacial score (nSPS) is 11.7. The molecule has 0 saturated heterocycles. The van der Waals surface area contributed by atoms with Crippen LogP contribution in [-0.2, 0) is 4.79 Å². The van der Waals surface area contributed by atoms with Crippen LogP contribution in [0.2, 0.25) is 0 Å². The zero-order valence-electron chi connectivity index (χ0n) is 15.5. The van der Waals surface area contributed by atoms with Gasteiger partial charge in [-0.15, -0.1) is 0 Å². The Morgan fingerprint density at radius 1 is 1.08 bits per heavy atom. The molecule has 134 valence electrons. The third-order valence-corrected chi connectivity index (χ3v) is 3.89. The van der Waals surface area contributed by atoms with Crippen LogP contribution in [0.25, 0.3) is 0 Å². The van der Waals surface area contributed by atoms with Crippen molar-refractivity contribution in [3.8, 4) is 11.5 Å². The van der Waals surface area contributed by atoms with Gasteiger partial charge in [0, 0.05) is 0 Å². The molecule has 1 atom stereocenters. The van der Waals surface area contributed by atoms with Crippen LogP contribution in [0.3, 0.4) is 0 Å². The van der Waals surface area contributed by atoms with Crippen LogP contribution in [0.4, 0.5) is 0 Å². The van der Waals surface area contributed by atoms with E-state index in [9.17, 15) is 4.79 Å². The van der Waals surface area contributed by atoms with Crippen molar-refractivity contribution >= 4 is 5.91 Å². The van der Waals surface area contributed by atoms with E-state index in [1.165, 1.54) is 0 Å². The number of hydrogen-bond donors (Lipinski definition) is 1. The zero-order valence-corrected chi connectivity index (χ0v) is 15.5. The summed E-state index contributed by atoms with van der Waals surface area (Å²) in [5.74, 6) is 1.46. The zero-order chi connectivity index (χ0) is 18.2. The predicted octanol–water partition coefficient (Wildman–Crippen LogP) is 3.96. The van der Waals surface area contributed by atoms with Crippen LogP contribution >= 0.6 is 0 Å². The highest BCUT2D eigenvalue weighted by Crippen LogP contribution is 2.19. The summed E-state index contributed by atoms with van der Waals surface area (Å²) >= 11 is 0. The molecule has 0 fully saturated rings. The molecule has 4 heteroatoms. The van der Waals surface area contributed by atoms with Crippen molar-refractivity contribution in [2.45, 2.75) is 40.2 Å². The van der Waals surface area contributed by atoms with Gasteiger partial charge in [0.15, 0.2) is 6.10 Å². The van der Waals surface area contributed by atoms with E-state index >= 15 is 0 Å². The summed E-state index contributed by atoms with van der Waals surface area (Å²) in [6.45, 7) is 8.86. The van der Waals surface area contributed by atoms with Gasteiger partial charge in [0.05, 0.1) is 6.54 Å². The summed E-state index contributed by atoms with van der Waals surface area (Å²) in [6, 6.07) is 13.8. The molecule has 1 amide bonds. The third kappa shape index (κ3) is 5.82. The lowest BCUT2D eigenvalue weighted by atomic mass is 10.1. The van der Waals surface area contributed by atoms with E-state index in [1.807, 2.05) is 64.1 Å². The number of nitrogens with one attached hydrogen (secondary N) is 1. The molecule has 25 heavy (non-hydrogen) atoms. The number of amides is 1. The molecule has 0 radical (unpaired) electrons. The Morgan fingerprint density at radius 3 is 2.40 bits per heavy atom. The molecule has 1 N–H and O–H groups in total. The van der Waals surface area contributed by atoms with E-state index in [2.05, 4.69) is 11.4 Å². The van der Waals surface area contributed by atoms with Crippen molar-refractivity contribution in [3.63, 3.8) is 0 Å². The number of para-hydroxylation sites is 1. The molecule has 0 spiro atoms. The van der Waals surface area contributed by atoms with E-state index in [4.69, 9.17) is 9.47 Å². The van der Waals surface area contributed by atoms with Crippen LogP contribution in [0.5, 0.6) is 11.5 Å². The van der Waals surface area contributed by atoms with Gasteiger partial charge in [0.1, 0.15) is 18.1 Å². The molecular formula is C21H27NO3. The fourth-order valence-electron chi connectivity index (χ4n) is 2.64. The Morgan fingerprint density at radius 2 is 1.76 bits per heavy atom. The molecule has 0 saturated carbocycles. The van der Waals surface area contributed by atoms with Gasteiger partial charge in [0.2, 0.25) is 0 Å². The van der Waals surface area contributed by atoms with Crippen molar-refractivity contribution in [1.82, 2.24) is 5.32 Å². The van der Waals surface area contributed by atoms with E-state index in [-0.39, 0.29) is 5.91 Å². The van der Waals surface area contributed by atoms with E-state index in [0.717, 1.165) is 28.2 Å². The van der Waals surface area contributed by atoms with Gasteiger partial charge >= 0.3 is 0 Å². The third-order valence-electron chi connectivity index (χ3n) is 3.89. The molecule has 2 aromatic rings. The molecule has 2 rings (SSSR count). The second-order valence-corrected chi connectivity index (χ2v) is 6.24. The van der Waals surface area contributed by atoms with Crippen LogP contribution in [0, 0.1) is 20.8 Å². The minimum atomic E-state index is -0.498. The Hall–Kier alpha value is -2.49. The Balaban J connectivity index is 1.81. The lowest BCUT2D eigenvalue weighted by molar-refractivity contribution is -0.128. The summed E-state index contributed by atoms with van der Waals surface area (Å²) < 4.78 is 11.6. The highest BCUT2D eigenvalue weighted by molar-refractivity contribution is 5.81. The molecule has 0 aliphatic rings. The van der Waals surface area contributed by atoms with Crippen molar-refractivity contribution in [1.29, 1.82) is 0 Å². The first-order chi connectivity index (χ1) is 12.0. The maximum Gasteiger partial charge on any atom is 0.261 e. The fraction of sp³-hybridized carbons (Fsp3) is 0.381. The number of carbonyl (C=O) groups excluding carboxylic acids is 1.